The summed E-state index contributed by atoms with van der Waals surface area (Å²) < 4.78 is 25.4. The van der Waals surface area contributed by atoms with Gasteiger partial charge < -0.3 is 0 Å². The summed E-state index contributed by atoms with van der Waals surface area (Å²) >= 11 is 0. The van der Waals surface area contributed by atoms with Crippen LogP contribution in [0.15, 0.2) is 24.8 Å². The van der Waals surface area contributed by atoms with E-state index in [9.17, 15) is 8.42 Å². The fourth-order valence-corrected chi connectivity index (χ4v) is 1.02. The molecule has 0 radical (unpaired) electrons. The van der Waals surface area contributed by atoms with Crippen LogP contribution in [-0.4, -0.2) is 21.3 Å². The Hall–Kier alpha value is -0.610. The summed E-state index contributed by atoms with van der Waals surface area (Å²) in [6.45, 7) is 3.75. The lowest BCUT2D eigenvalue weighted by molar-refractivity contribution is 0.317. The number of allylic oxidation sites excluding steroid dienone is 3. The van der Waals surface area contributed by atoms with Gasteiger partial charge in [0.2, 0.25) is 0 Å². The van der Waals surface area contributed by atoms with Gasteiger partial charge in [-0.3, -0.25) is 4.18 Å². The minimum atomic E-state index is -3.26. The average Bonchev–Trinajstić information content (AvgIpc) is 1.94. The lowest BCUT2D eigenvalue weighted by Gasteiger charge is -1.97. The van der Waals surface area contributed by atoms with Crippen LogP contribution in [0.2, 0.25) is 0 Å². The number of rotatable bonds is 6. The second kappa shape index (κ2) is 5.97. The van der Waals surface area contributed by atoms with Gasteiger partial charge in [-0.05, 0) is 12.8 Å². The van der Waals surface area contributed by atoms with E-state index in [1.807, 2.05) is 12.2 Å². The van der Waals surface area contributed by atoms with Crippen molar-refractivity contribution in [2.24, 2.45) is 0 Å². The summed E-state index contributed by atoms with van der Waals surface area (Å²) in [7, 11) is -3.26. The molecule has 0 saturated carbocycles. The van der Waals surface area contributed by atoms with E-state index in [2.05, 4.69) is 10.8 Å². The molecule has 0 amide bonds. The van der Waals surface area contributed by atoms with Gasteiger partial charge in [-0.2, -0.15) is 8.42 Å². The highest BCUT2D eigenvalue weighted by atomic mass is 32.2. The normalized spacial score (nSPS) is 12.1. The summed E-state index contributed by atoms with van der Waals surface area (Å²) in [5.41, 5.74) is 0. The van der Waals surface area contributed by atoms with Crippen molar-refractivity contribution in [3.05, 3.63) is 24.8 Å². The van der Waals surface area contributed by atoms with Gasteiger partial charge in [-0.25, -0.2) is 0 Å². The molecule has 0 N–H and O–H groups in total. The van der Waals surface area contributed by atoms with Gasteiger partial charge in [-0.15, -0.1) is 0 Å². The van der Waals surface area contributed by atoms with Crippen molar-refractivity contribution < 1.29 is 12.6 Å². The predicted octanol–water partition coefficient (Wildman–Crippen LogP) is 1.49. The minimum Gasteiger partial charge on any atom is -0.270 e. The summed E-state index contributed by atoms with van der Waals surface area (Å²) in [4.78, 5) is 0. The van der Waals surface area contributed by atoms with Crippen LogP contribution in [-0.2, 0) is 14.3 Å². The van der Waals surface area contributed by atoms with Gasteiger partial charge in [0.25, 0.3) is 10.1 Å². The fourth-order valence-electron chi connectivity index (χ4n) is 0.604. The zero-order valence-corrected chi connectivity index (χ0v) is 8.01. The van der Waals surface area contributed by atoms with Crippen molar-refractivity contribution in [2.45, 2.75) is 12.8 Å². The zero-order chi connectivity index (χ0) is 9.45. The maximum atomic E-state index is 10.5. The van der Waals surface area contributed by atoms with Crippen LogP contribution in [0.3, 0.4) is 0 Å². The molecule has 0 aromatic heterocycles. The van der Waals surface area contributed by atoms with E-state index in [1.54, 1.807) is 6.08 Å². The van der Waals surface area contributed by atoms with Crippen molar-refractivity contribution in [3.63, 3.8) is 0 Å². The molecule has 3 nitrogen and oxygen atoms in total. The van der Waals surface area contributed by atoms with E-state index in [4.69, 9.17) is 0 Å². The Morgan fingerprint density at radius 1 is 1.50 bits per heavy atom. The van der Waals surface area contributed by atoms with Crippen LogP contribution >= 0.6 is 0 Å². The first-order valence-electron chi connectivity index (χ1n) is 3.68. The van der Waals surface area contributed by atoms with Crippen LogP contribution in [0.1, 0.15) is 12.8 Å². The predicted molar refractivity (Wildman–Crippen MR) is 49.4 cm³/mol. The molecule has 0 atom stereocenters. The third kappa shape index (κ3) is 9.39. The van der Waals surface area contributed by atoms with E-state index >= 15 is 0 Å². The van der Waals surface area contributed by atoms with E-state index < -0.39 is 10.1 Å². The summed E-state index contributed by atoms with van der Waals surface area (Å²) in [6, 6.07) is 0. The van der Waals surface area contributed by atoms with E-state index in [0.29, 0.717) is 6.42 Å². The van der Waals surface area contributed by atoms with Crippen LogP contribution in [0.4, 0.5) is 0 Å². The molecule has 0 aliphatic carbocycles. The second-order valence-electron chi connectivity index (χ2n) is 2.33. The molecule has 0 saturated heterocycles. The Balaban J connectivity index is 3.34. The Bertz CT molecular complexity index is 239. The van der Waals surface area contributed by atoms with Crippen LogP contribution < -0.4 is 0 Å². The fraction of sp³-hybridized carbons (Fsp3) is 0.500. The van der Waals surface area contributed by atoms with Crippen molar-refractivity contribution >= 4 is 10.1 Å². The topological polar surface area (TPSA) is 43.4 Å². The van der Waals surface area contributed by atoms with Crippen molar-refractivity contribution in [2.75, 3.05) is 12.9 Å². The maximum Gasteiger partial charge on any atom is 0.264 e. The maximum absolute atomic E-state index is 10.5. The molecule has 0 aromatic carbocycles. The molecular weight excluding hydrogens is 176 g/mol. The second-order valence-corrected chi connectivity index (χ2v) is 3.98. The minimum absolute atomic E-state index is 0.250. The molecular formula is C8H14O3S. The number of unbranched alkanes of at least 4 members (excludes halogenated alkanes) is 1. The zero-order valence-electron chi connectivity index (χ0n) is 7.19. The molecule has 0 heterocycles. The molecule has 0 aliphatic heterocycles. The molecule has 12 heavy (non-hydrogen) atoms. The van der Waals surface area contributed by atoms with Crippen LogP contribution in [0, 0.1) is 0 Å². The number of hydrogen-bond donors (Lipinski definition) is 0. The SMILES string of the molecule is C=C/C=C/CCCOS(C)(=O)=O. The van der Waals surface area contributed by atoms with Crippen LogP contribution in [0.5, 0.6) is 0 Å². The Morgan fingerprint density at radius 2 is 2.17 bits per heavy atom. The van der Waals surface area contributed by atoms with E-state index in [0.717, 1.165) is 12.7 Å². The lowest BCUT2D eigenvalue weighted by atomic mass is 10.3. The molecule has 0 aliphatic rings. The Labute approximate surface area is 73.9 Å². The molecule has 4 heteroatoms. The quantitative estimate of drug-likeness (QED) is 0.362. The van der Waals surface area contributed by atoms with E-state index in [-0.39, 0.29) is 6.61 Å². The highest BCUT2D eigenvalue weighted by molar-refractivity contribution is 7.85. The molecule has 0 aromatic rings. The molecule has 0 rings (SSSR count). The van der Waals surface area contributed by atoms with Crippen LogP contribution in [0.25, 0.3) is 0 Å². The first kappa shape index (κ1) is 11.4. The highest BCUT2D eigenvalue weighted by Crippen LogP contribution is 1.95. The third-order valence-electron chi connectivity index (χ3n) is 1.08. The largest absolute Gasteiger partial charge is 0.270 e. The van der Waals surface area contributed by atoms with Gasteiger partial charge in [0.15, 0.2) is 0 Å². The smallest absolute Gasteiger partial charge is 0.264 e. The van der Waals surface area contributed by atoms with Crippen molar-refractivity contribution in [1.82, 2.24) is 0 Å². The molecule has 0 fully saturated rings. The summed E-state index contributed by atoms with van der Waals surface area (Å²) in [5, 5.41) is 0. The average molecular weight is 190 g/mol. The van der Waals surface area contributed by atoms with Gasteiger partial charge in [-0.1, -0.05) is 24.8 Å². The van der Waals surface area contributed by atoms with E-state index in [1.165, 1.54) is 0 Å². The Kier molecular flexibility index (Phi) is 5.66. The monoisotopic (exact) mass is 190 g/mol. The van der Waals surface area contributed by atoms with Crippen molar-refractivity contribution in [1.29, 1.82) is 0 Å². The first-order chi connectivity index (χ1) is 5.56. The summed E-state index contributed by atoms with van der Waals surface area (Å²) in [5.74, 6) is 0. The molecule has 70 valence electrons. The standard InChI is InChI=1S/C8H14O3S/c1-3-4-5-6-7-8-11-12(2,9)10/h3-5H,1,6-8H2,2H3/b5-4+. The molecule has 0 bridgehead atoms. The number of hydrogen-bond acceptors (Lipinski definition) is 3. The molecule has 0 spiro atoms. The van der Waals surface area contributed by atoms with Gasteiger partial charge in [0.05, 0.1) is 12.9 Å². The summed E-state index contributed by atoms with van der Waals surface area (Å²) in [6.07, 6.45) is 7.97. The molecule has 0 unspecified atom stereocenters. The van der Waals surface area contributed by atoms with Crippen molar-refractivity contribution in [3.8, 4) is 0 Å². The third-order valence-corrected chi connectivity index (χ3v) is 1.68. The highest BCUT2D eigenvalue weighted by Gasteiger charge is 1.98. The van der Waals surface area contributed by atoms with Gasteiger partial charge in [0.1, 0.15) is 0 Å². The Morgan fingerprint density at radius 3 is 2.67 bits per heavy atom. The van der Waals surface area contributed by atoms with Gasteiger partial charge >= 0.3 is 0 Å². The van der Waals surface area contributed by atoms with Gasteiger partial charge in [0, 0.05) is 0 Å². The first-order valence-corrected chi connectivity index (χ1v) is 5.50. The lowest BCUT2D eigenvalue weighted by Crippen LogP contribution is -2.03.